The monoisotopic (exact) mass is 369 g/mol. The number of hydrogen-bond donors (Lipinski definition) is 2. The van der Waals surface area contributed by atoms with Gasteiger partial charge in [0.15, 0.2) is 11.3 Å². The summed E-state index contributed by atoms with van der Waals surface area (Å²) in [4.78, 5) is 29.2. The van der Waals surface area contributed by atoms with E-state index in [1.54, 1.807) is 24.8 Å². The molecule has 1 amide bonds. The van der Waals surface area contributed by atoms with Crippen molar-refractivity contribution < 1.29 is 4.79 Å². The molecule has 1 aromatic carbocycles. The number of carbonyl (C=O) groups excluding carboxylic acids is 1. The van der Waals surface area contributed by atoms with Gasteiger partial charge in [-0.15, -0.1) is 0 Å². The first-order chi connectivity index (χ1) is 13.7. The van der Waals surface area contributed by atoms with E-state index in [1.165, 1.54) is 6.92 Å². The molecule has 0 radical (unpaired) electrons. The molecule has 0 fully saturated rings. The van der Waals surface area contributed by atoms with Crippen LogP contribution in [0, 0.1) is 0 Å². The largest absolute Gasteiger partial charge is 0.353 e. The molecule has 0 saturated heterocycles. The molecule has 0 saturated carbocycles. The highest BCUT2D eigenvalue weighted by Crippen LogP contribution is 2.33. The normalized spacial score (nSPS) is 11.2. The number of nitrogens with zero attached hydrogens (tertiary/aromatic N) is 5. The summed E-state index contributed by atoms with van der Waals surface area (Å²) in [6, 6.07) is 9.43. The fourth-order valence-electron chi connectivity index (χ4n) is 3.25. The van der Waals surface area contributed by atoms with Gasteiger partial charge < -0.3 is 10.6 Å². The number of benzene rings is 1. The Morgan fingerprint density at radius 3 is 2.79 bits per heavy atom. The molecular formula is C20H15N7O. The van der Waals surface area contributed by atoms with Crippen LogP contribution < -0.4 is 10.6 Å². The molecule has 5 aromatic rings. The minimum absolute atomic E-state index is 0.118. The van der Waals surface area contributed by atoms with Gasteiger partial charge in [0.05, 0.1) is 23.6 Å². The minimum Gasteiger partial charge on any atom is -0.353 e. The molecule has 0 aliphatic carbocycles. The smallest absolute Gasteiger partial charge is 0.221 e. The van der Waals surface area contributed by atoms with Crippen LogP contribution in [0.15, 0.2) is 61.3 Å². The van der Waals surface area contributed by atoms with Crippen molar-refractivity contribution in [3.05, 3.63) is 61.3 Å². The maximum atomic E-state index is 11.4. The summed E-state index contributed by atoms with van der Waals surface area (Å²) in [5.74, 6) is -0.118. The fourth-order valence-corrected chi connectivity index (χ4v) is 3.25. The zero-order chi connectivity index (χ0) is 19.1. The second kappa shape index (κ2) is 6.27. The van der Waals surface area contributed by atoms with Gasteiger partial charge in [-0.2, -0.15) is 0 Å². The highest BCUT2D eigenvalue weighted by Gasteiger charge is 2.15. The van der Waals surface area contributed by atoms with Gasteiger partial charge in [0, 0.05) is 42.3 Å². The maximum Gasteiger partial charge on any atom is 0.221 e. The lowest BCUT2D eigenvalue weighted by atomic mass is 10.2. The van der Waals surface area contributed by atoms with Crippen LogP contribution in [-0.2, 0) is 4.79 Å². The number of aromatic nitrogens is 5. The topological polar surface area (TPSA) is 97.1 Å². The van der Waals surface area contributed by atoms with Gasteiger partial charge in [0.1, 0.15) is 5.52 Å². The van der Waals surface area contributed by atoms with Crippen molar-refractivity contribution in [2.24, 2.45) is 0 Å². The zero-order valence-corrected chi connectivity index (χ0v) is 14.9. The molecule has 0 aliphatic rings. The Morgan fingerprint density at radius 2 is 1.89 bits per heavy atom. The number of fused-ring (bicyclic) bond motifs is 4. The molecule has 4 aromatic heterocycles. The highest BCUT2D eigenvalue weighted by molar-refractivity contribution is 6.07. The first-order valence-corrected chi connectivity index (χ1v) is 8.69. The van der Waals surface area contributed by atoms with Gasteiger partial charge in [-0.3, -0.25) is 19.2 Å². The van der Waals surface area contributed by atoms with E-state index in [9.17, 15) is 4.79 Å². The summed E-state index contributed by atoms with van der Waals surface area (Å²) >= 11 is 0. The average molecular weight is 369 g/mol. The summed E-state index contributed by atoms with van der Waals surface area (Å²) in [5, 5.41) is 7.15. The Hall–Kier alpha value is -4.07. The van der Waals surface area contributed by atoms with Gasteiger partial charge in [0.25, 0.3) is 0 Å². The Balaban J connectivity index is 1.74. The van der Waals surface area contributed by atoms with Crippen LogP contribution in [0.3, 0.4) is 0 Å². The van der Waals surface area contributed by atoms with Gasteiger partial charge in [-0.25, -0.2) is 9.97 Å². The number of pyridine rings is 2. The van der Waals surface area contributed by atoms with Crippen molar-refractivity contribution in [3.8, 4) is 0 Å². The number of rotatable bonds is 3. The van der Waals surface area contributed by atoms with E-state index in [4.69, 9.17) is 9.97 Å². The maximum absolute atomic E-state index is 11.4. The van der Waals surface area contributed by atoms with E-state index in [0.717, 1.165) is 33.4 Å². The van der Waals surface area contributed by atoms with Crippen molar-refractivity contribution in [1.29, 1.82) is 0 Å². The van der Waals surface area contributed by atoms with Crippen LogP contribution >= 0.6 is 0 Å². The van der Waals surface area contributed by atoms with Crippen LogP contribution in [0.5, 0.6) is 0 Å². The van der Waals surface area contributed by atoms with Crippen LogP contribution in [0.2, 0.25) is 0 Å². The summed E-state index contributed by atoms with van der Waals surface area (Å²) < 4.78 is 1.90. The van der Waals surface area contributed by atoms with Crippen LogP contribution in [-0.4, -0.2) is 30.2 Å². The lowest BCUT2D eigenvalue weighted by molar-refractivity contribution is -0.114. The Labute approximate surface area is 159 Å². The second-order valence-corrected chi connectivity index (χ2v) is 6.36. The van der Waals surface area contributed by atoms with Gasteiger partial charge >= 0.3 is 0 Å². The molecule has 4 heterocycles. The SMILES string of the molecule is CC(=O)Nc1cccc(Nc2c3ccncc3nc3c2nc2cnccn23)c1. The summed E-state index contributed by atoms with van der Waals surface area (Å²) in [6.07, 6.45) is 8.69. The molecule has 0 spiro atoms. The third kappa shape index (κ3) is 2.67. The Morgan fingerprint density at radius 1 is 1.04 bits per heavy atom. The molecule has 28 heavy (non-hydrogen) atoms. The van der Waals surface area contributed by atoms with E-state index in [0.29, 0.717) is 11.3 Å². The highest BCUT2D eigenvalue weighted by atomic mass is 16.1. The zero-order valence-electron chi connectivity index (χ0n) is 14.9. The first kappa shape index (κ1) is 16.1. The molecule has 136 valence electrons. The van der Waals surface area contributed by atoms with Gasteiger partial charge in [-0.1, -0.05) is 6.07 Å². The van der Waals surface area contributed by atoms with E-state index in [2.05, 4.69) is 20.6 Å². The summed E-state index contributed by atoms with van der Waals surface area (Å²) in [6.45, 7) is 1.48. The van der Waals surface area contributed by atoms with Crippen molar-refractivity contribution in [2.45, 2.75) is 6.92 Å². The van der Waals surface area contributed by atoms with E-state index >= 15 is 0 Å². The fraction of sp³-hybridized carbons (Fsp3) is 0.0500. The Bertz CT molecular complexity index is 1360. The number of imidazole rings is 1. The number of carbonyl (C=O) groups is 1. The van der Waals surface area contributed by atoms with E-state index < -0.39 is 0 Å². The molecule has 2 N–H and O–H groups in total. The number of anilines is 3. The molecule has 0 aliphatic heterocycles. The molecule has 0 bridgehead atoms. The predicted molar refractivity (Wildman–Crippen MR) is 108 cm³/mol. The molecule has 5 rings (SSSR count). The second-order valence-electron chi connectivity index (χ2n) is 6.36. The lowest BCUT2D eigenvalue weighted by Crippen LogP contribution is -2.05. The van der Waals surface area contributed by atoms with Crippen LogP contribution in [0.1, 0.15) is 6.92 Å². The van der Waals surface area contributed by atoms with Crippen molar-refractivity contribution in [1.82, 2.24) is 24.3 Å². The average Bonchev–Trinajstić information content (AvgIpc) is 3.06. The standard InChI is InChI=1S/C20H15N7O/c1-12(28)23-13-3-2-4-14(9-13)24-18-15-5-6-21-10-16(15)25-20-19(18)26-17-11-22-7-8-27(17)20/h2-11H,1H3,(H,23,28)(H,24,25). The van der Waals surface area contributed by atoms with Crippen molar-refractivity contribution in [3.63, 3.8) is 0 Å². The first-order valence-electron chi connectivity index (χ1n) is 8.69. The van der Waals surface area contributed by atoms with E-state index in [-0.39, 0.29) is 5.91 Å². The van der Waals surface area contributed by atoms with Crippen LogP contribution in [0.4, 0.5) is 17.1 Å². The quantitative estimate of drug-likeness (QED) is 0.505. The molecule has 0 unspecified atom stereocenters. The summed E-state index contributed by atoms with van der Waals surface area (Å²) in [5.41, 5.74) is 5.29. The minimum atomic E-state index is -0.118. The molecule has 8 heteroatoms. The third-order valence-electron chi connectivity index (χ3n) is 4.39. The van der Waals surface area contributed by atoms with Crippen molar-refractivity contribution in [2.75, 3.05) is 10.6 Å². The molecule has 0 atom stereocenters. The number of nitrogens with one attached hydrogen (secondary N) is 2. The summed E-state index contributed by atoms with van der Waals surface area (Å²) in [7, 11) is 0. The third-order valence-corrected chi connectivity index (χ3v) is 4.39. The molecular weight excluding hydrogens is 354 g/mol. The number of amides is 1. The molecule has 8 nitrogen and oxygen atoms in total. The predicted octanol–water partition coefficient (Wildman–Crippen LogP) is 3.53. The van der Waals surface area contributed by atoms with E-state index in [1.807, 2.05) is 40.9 Å². The Kier molecular flexibility index (Phi) is 3.61. The van der Waals surface area contributed by atoms with Gasteiger partial charge in [-0.05, 0) is 24.3 Å². The number of hydrogen-bond acceptors (Lipinski definition) is 6. The van der Waals surface area contributed by atoms with Gasteiger partial charge in [0.2, 0.25) is 5.91 Å². The lowest BCUT2D eigenvalue weighted by Gasteiger charge is -2.12. The van der Waals surface area contributed by atoms with Crippen LogP contribution in [0.25, 0.3) is 27.7 Å². The van der Waals surface area contributed by atoms with Crippen molar-refractivity contribution >= 4 is 50.7 Å².